The molecular formula is C15H21N5O. The first-order chi connectivity index (χ1) is 10.2. The summed E-state index contributed by atoms with van der Waals surface area (Å²) in [6, 6.07) is 7.98. The van der Waals surface area contributed by atoms with Crippen LogP contribution >= 0.6 is 0 Å². The predicted molar refractivity (Wildman–Crippen MR) is 85.9 cm³/mol. The van der Waals surface area contributed by atoms with Crippen molar-refractivity contribution in [3.05, 3.63) is 36.2 Å². The van der Waals surface area contributed by atoms with Crippen molar-refractivity contribution in [2.75, 3.05) is 36.6 Å². The van der Waals surface area contributed by atoms with Gasteiger partial charge in [0.2, 0.25) is 0 Å². The third-order valence-electron chi connectivity index (χ3n) is 3.10. The van der Waals surface area contributed by atoms with E-state index in [1.54, 1.807) is 7.11 Å². The number of aromatic nitrogens is 2. The number of benzene rings is 1. The second-order valence-corrected chi connectivity index (χ2v) is 4.70. The maximum atomic E-state index is 6.11. The first-order valence-electron chi connectivity index (χ1n) is 6.88. The highest BCUT2D eigenvalue weighted by Crippen LogP contribution is 2.26. The van der Waals surface area contributed by atoms with E-state index < -0.39 is 0 Å². The number of ether oxygens (including phenoxy) is 1. The molecule has 0 aliphatic rings. The van der Waals surface area contributed by atoms with E-state index >= 15 is 0 Å². The lowest BCUT2D eigenvalue weighted by Crippen LogP contribution is -2.10. The maximum absolute atomic E-state index is 6.11. The van der Waals surface area contributed by atoms with Gasteiger partial charge in [0.25, 0.3) is 0 Å². The molecule has 1 aromatic carbocycles. The molecule has 0 aliphatic heterocycles. The number of rotatable bonds is 7. The zero-order chi connectivity index (χ0) is 15.1. The molecule has 0 saturated carbocycles. The molecule has 0 unspecified atom stereocenters. The monoisotopic (exact) mass is 287 g/mol. The van der Waals surface area contributed by atoms with Crippen molar-refractivity contribution in [3.63, 3.8) is 0 Å². The molecule has 0 fully saturated rings. The standard InChI is InChI=1S/C15H21N5O/c1-11-6-3-4-7-12(11)20-15-13(16)14(18-10-19-15)17-8-5-9-21-2/h3-4,6-7,10H,5,8-9,16H2,1-2H3,(H2,17,18,19,20). The fraction of sp³-hybridized carbons (Fsp3) is 0.333. The number of aryl methyl sites for hydroxylation is 1. The Hall–Kier alpha value is -2.34. The molecule has 2 aromatic rings. The number of hydrogen-bond donors (Lipinski definition) is 3. The van der Waals surface area contributed by atoms with E-state index in [1.807, 2.05) is 31.2 Å². The van der Waals surface area contributed by atoms with Gasteiger partial charge in [-0.1, -0.05) is 18.2 Å². The lowest BCUT2D eigenvalue weighted by atomic mass is 10.2. The summed E-state index contributed by atoms with van der Waals surface area (Å²) in [4.78, 5) is 8.38. The van der Waals surface area contributed by atoms with Gasteiger partial charge in [0.05, 0.1) is 0 Å². The summed E-state index contributed by atoms with van der Waals surface area (Å²) in [5.74, 6) is 1.24. The van der Waals surface area contributed by atoms with Crippen LogP contribution in [0.5, 0.6) is 0 Å². The predicted octanol–water partition coefficient (Wildman–Crippen LogP) is 2.56. The molecule has 0 amide bonds. The Kier molecular flexibility index (Phi) is 5.34. The Balaban J connectivity index is 2.09. The van der Waals surface area contributed by atoms with Crippen LogP contribution in [0.4, 0.5) is 23.0 Å². The van der Waals surface area contributed by atoms with E-state index in [4.69, 9.17) is 10.5 Å². The highest BCUT2D eigenvalue weighted by Gasteiger charge is 2.08. The zero-order valence-electron chi connectivity index (χ0n) is 12.4. The summed E-state index contributed by atoms with van der Waals surface area (Å²) < 4.78 is 5.01. The van der Waals surface area contributed by atoms with Gasteiger partial charge in [-0.25, -0.2) is 9.97 Å². The Morgan fingerprint density at radius 2 is 1.95 bits per heavy atom. The van der Waals surface area contributed by atoms with Crippen molar-refractivity contribution in [1.29, 1.82) is 0 Å². The van der Waals surface area contributed by atoms with Gasteiger partial charge in [-0.15, -0.1) is 0 Å². The number of para-hydroxylation sites is 1. The number of nitrogens with two attached hydrogens (primary N) is 1. The van der Waals surface area contributed by atoms with Gasteiger partial charge in [0.15, 0.2) is 11.6 Å². The minimum absolute atomic E-state index is 0.512. The van der Waals surface area contributed by atoms with Crippen LogP contribution in [-0.2, 0) is 4.74 Å². The van der Waals surface area contributed by atoms with Crippen LogP contribution in [0, 0.1) is 6.92 Å². The molecule has 0 saturated heterocycles. The molecular weight excluding hydrogens is 266 g/mol. The van der Waals surface area contributed by atoms with Gasteiger partial charge < -0.3 is 21.1 Å². The SMILES string of the molecule is COCCCNc1ncnc(Nc2ccccc2C)c1N. The van der Waals surface area contributed by atoms with Crippen LogP contribution in [0.3, 0.4) is 0 Å². The van der Waals surface area contributed by atoms with Crippen LogP contribution < -0.4 is 16.4 Å². The average molecular weight is 287 g/mol. The van der Waals surface area contributed by atoms with Crippen LogP contribution in [0.15, 0.2) is 30.6 Å². The van der Waals surface area contributed by atoms with Gasteiger partial charge >= 0.3 is 0 Å². The topological polar surface area (TPSA) is 85.1 Å². The van der Waals surface area contributed by atoms with E-state index in [9.17, 15) is 0 Å². The van der Waals surface area contributed by atoms with Gasteiger partial charge in [-0.3, -0.25) is 0 Å². The van der Waals surface area contributed by atoms with Crippen molar-refractivity contribution in [2.45, 2.75) is 13.3 Å². The molecule has 0 atom stereocenters. The van der Waals surface area contributed by atoms with E-state index in [0.717, 1.165) is 24.2 Å². The lowest BCUT2D eigenvalue weighted by molar-refractivity contribution is 0.198. The summed E-state index contributed by atoms with van der Waals surface area (Å²) in [6.07, 6.45) is 2.39. The molecule has 1 heterocycles. The summed E-state index contributed by atoms with van der Waals surface area (Å²) in [7, 11) is 1.68. The third kappa shape index (κ3) is 4.06. The molecule has 1 aromatic heterocycles. The van der Waals surface area contributed by atoms with Gasteiger partial charge in [-0.2, -0.15) is 0 Å². The Morgan fingerprint density at radius 3 is 2.71 bits per heavy atom. The van der Waals surface area contributed by atoms with E-state index in [-0.39, 0.29) is 0 Å². The first-order valence-corrected chi connectivity index (χ1v) is 6.88. The van der Waals surface area contributed by atoms with E-state index in [0.29, 0.717) is 23.9 Å². The van der Waals surface area contributed by atoms with E-state index in [2.05, 4.69) is 20.6 Å². The number of anilines is 4. The normalized spacial score (nSPS) is 10.4. The molecule has 21 heavy (non-hydrogen) atoms. The van der Waals surface area contributed by atoms with Crippen LogP contribution in [0.2, 0.25) is 0 Å². The maximum Gasteiger partial charge on any atom is 0.159 e. The van der Waals surface area contributed by atoms with Gasteiger partial charge in [0.1, 0.15) is 12.0 Å². The number of nitrogens with one attached hydrogen (secondary N) is 2. The zero-order valence-corrected chi connectivity index (χ0v) is 12.4. The lowest BCUT2D eigenvalue weighted by Gasteiger charge is -2.13. The Labute approximate surface area is 124 Å². The average Bonchev–Trinajstić information content (AvgIpc) is 2.49. The number of nitrogens with zero attached hydrogens (tertiary/aromatic N) is 2. The highest BCUT2D eigenvalue weighted by atomic mass is 16.5. The van der Waals surface area contributed by atoms with Crippen molar-refractivity contribution in [1.82, 2.24) is 9.97 Å². The number of methoxy groups -OCH3 is 1. The van der Waals surface area contributed by atoms with Crippen molar-refractivity contribution in [3.8, 4) is 0 Å². The van der Waals surface area contributed by atoms with Crippen molar-refractivity contribution < 1.29 is 4.74 Å². The van der Waals surface area contributed by atoms with Crippen LogP contribution in [0.25, 0.3) is 0 Å². The quantitative estimate of drug-likeness (QED) is 0.679. The molecule has 6 heteroatoms. The van der Waals surface area contributed by atoms with Crippen LogP contribution in [0.1, 0.15) is 12.0 Å². The fourth-order valence-corrected chi connectivity index (χ4v) is 1.90. The van der Waals surface area contributed by atoms with Crippen LogP contribution in [-0.4, -0.2) is 30.2 Å². The molecule has 0 bridgehead atoms. The van der Waals surface area contributed by atoms with Crippen molar-refractivity contribution in [2.24, 2.45) is 0 Å². The largest absolute Gasteiger partial charge is 0.393 e. The number of hydrogen-bond acceptors (Lipinski definition) is 6. The van der Waals surface area contributed by atoms with E-state index in [1.165, 1.54) is 6.33 Å². The minimum Gasteiger partial charge on any atom is -0.393 e. The van der Waals surface area contributed by atoms with Gasteiger partial charge in [-0.05, 0) is 25.0 Å². The molecule has 0 spiro atoms. The first kappa shape index (κ1) is 15.1. The van der Waals surface area contributed by atoms with Crippen molar-refractivity contribution >= 4 is 23.0 Å². The minimum atomic E-state index is 0.512. The second kappa shape index (κ2) is 7.44. The summed E-state index contributed by atoms with van der Waals surface area (Å²) >= 11 is 0. The fourth-order valence-electron chi connectivity index (χ4n) is 1.90. The molecule has 6 nitrogen and oxygen atoms in total. The Bertz CT molecular complexity index is 588. The van der Waals surface area contributed by atoms with Gasteiger partial charge in [0, 0.05) is 25.9 Å². The molecule has 112 valence electrons. The summed E-state index contributed by atoms with van der Waals surface area (Å²) in [5, 5.41) is 6.43. The molecule has 0 radical (unpaired) electrons. The summed E-state index contributed by atoms with van der Waals surface area (Å²) in [5.41, 5.74) is 8.74. The summed E-state index contributed by atoms with van der Waals surface area (Å²) in [6.45, 7) is 3.48. The number of nitrogen functional groups attached to an aromatic ring is 1. The molecule has 0 aliphatic carbocycles. The molecule has 4 N–H and O–H groups in total. The third-order valence-corrected chi connectivity index (χ3v) is 3.10. The Morgan fingerprint density at radius 1 is 1.19 bits per heavy atom. The molecule has 2 rings (SSSR count). The highest BCUT2D eigenvalue weighted by molar-refractivity contribution is 5.78. The smallest absolute Gasteiger partial charge is 0.159 e. The second-order valence-electron chi connectivity index (χ2n) is 4.70.